The molecule has 0 bridgehead atoms. The van der Waals surface area contributed by atoms with Gasteiger partial charge in [-0.1, -0.05) is 218 Å². The highest BCUT2D eigenvalue weighted by Crippen LogP contribution is 2.18. The van der Waals surface area contributed by atoms with Gasteiger partial charge in [0.05, 0.1) is 25.2 Å². The van der Waals surface area contributed by atoms with Crippen molar-refractivity contribution in [1.82, 2.24) is 5.32 Å². The molecule has 0 aliphatic rings. The number of ether oxygens (including phenoxy) is 1. The first-order valence-electron chi connectivity index (χ1n) is 24.7. The fraction of sp³-hybridized carbons (Fsp3) is 0.843. The van der Waals surface area contributed by atoms with Crippen molar-refractivity contribution in [3.05, 3.63) is 36.5 Å². The van der Waals surface area contributed by atoms with Crippen LogP contribution in [0, 0.1) is 0 Å². The zero-order valence-electron chi connectivity index (χ0n) is 38.0. The van der Waals surface area contributed by atoms with E-state index in [0.717, 1.165) is 89.9 Å². The van der Waals surface area contributed by atoms with Crippen molar-refractivity contribution in [3.8, 4) is 0 Å². The molecule has 0 fully saturated rings. The predicted octanol–water partition coefficient (Wildman–Crippen LogP) is 14.5. The third kappa shape index (κ3) is 40.6. The maximum absolute atomic E-state index is 13.2. The van der Waals surface area contributed by atoms with Crippen LogP contribution in [0.5, 0.6) is 0 Å². The van der Waals surface area contributed by atoms with E-state index in [0.29, 0.717) is 19.3 Å². The van der Waals surface area contributed by atoms with Gasteiger partial charge < -0.3 is 20.3 Å². The quantitative estimate of drug-likeness (QED) is 0.0324. The smallest absolute Gasteiger partial charge is 0.306 e. The van der Waals surface area contributed by atoms with E-state index in [1.807, 2.05) is 0 Å². The van der Waals surface area contributed by atoms with Gasteiger partial charge in [0.2, 0.25) is 5.91 Å². The van der Waals surface area contributed by atoms with Crippen LogP contribution >= 0.6 is 0 Å². The number of amides is 1. The summed E-state index contributed by atoms with van der Waals surface area (Å²) in [5.41, 5.74) is 0. The van der Waals surface area contributed by atoms with Gasteiger partial charge in [-0.3, -0.25) is 9.59 Å². The fourth-order valence-corrected chi connectivity index (χ4v) is 7.50. The molecule has 3 atom stereocenters. The molecule has 0 aliphatic carbocycles. The monoisotopic (exact) mass is 802 g/mol. The SMILES string of the molecule is CC/C=C/C/C=C/C/C=C/CCCCCCC(CC(=O)NC(CO)C(O)CCCCCCCCCCCCCCC)OC(=O)CCCCCCCCCCCCC. The number of allylic oxidation sites excluding steroid dienone is 6. The summed E-state index contributed by atoms with van der Waals surface area (Å²) in [5, 5.41) is 23.7. The van der Waals surface area contributed by atoms with Crippen molar-refractivity contribution >= 4 is 11.9 Å². The number of carbonyl (C=O) groups is 2. The first-order chi connectivity index (χ1) is 28.0. The highest BCUT2D eigenvalue weighted by molar-refractivity contribution is 5.77. The Kier molecular flexibility index (Phi) is 43.6. The van der Waals surface area contributed by atoms with Gasteiger partial charge >= 0.3 is 5.97 Å². The predicted molar refractivity (Wildman–Crippen MR) is 246 cm³/mol. The van der Waals surface area contributed by atoms with Crippen LogP contribution in [0.25, 0.3) is 0 Å². The van der Waals surface area contributed by atoms with Crippen molar-refractivity contribution in [2.45, 2.75) is 270 Å². The topological polar surface area (TPSA) is 95.9 Å². The summed E-state index contributed by atoms with van der Waals surface area (Å²) >= 11 is 0. The molecule has 0 aliphatic heterocycles. The van der Waals surface area contributed by atoms with Gasteiger partial charge in [0.15, 0.2) is 0 Å². The third-order valence-corrected chi connectivity index (χ3v) is 11.2. The molecule has 0 aromatic heterocycles. The summed E-state index contributed by atoms with van der Waals surface area (Å²) in [6.07, 6.45) is 52.0. The molecule has 3 N–H and O–H groups in total. The highest BCUT2D eigenvalue weighted by atomic mass is 16.5. The van der Waals surface area contributed by atoms with Crippen molar-refractivity contribution in [3.63, 3.8) is 0 Å². The van der Waals surface area contributed by atoms with Gasteiger partial charge in [-0.15, -0.1) is 0 Å². The van der Waals surface area contributed by atoms with Crippen LogP contribution in [0.3, 0.4) is 0 Å². The van der Waals surface area contributed by atoms with E-state index in [9.17, 15) is 19.8 Å². The van der Waals surface area contributed by atoms with E-state index >= 15 is 0 Å². The Hall–Kier alpha value is -1.92. The number of carbonyl (C=O) groups excluding carboxylic acids is 2. The Labute approximate surface area is 353 Å². The Balaban J connectivity index is 4.60. The average Bonchev–Trinajstić information content (AvgIpc) is 3.20. The summed E-state index contributed by atoms with van der Waals surface area (Å²) in [6.45, 7) is 6.36. The second kappa shape index (κ2) is 45.2. The standard InChI is InChI=1S/C51H95NO5/c1-4-7-10-13-16-19-22-24-26-28-30-33-36-39-42-47(57-51(56)44-41-38-35-32-27-21-18-15-12-9-6-3)45-50(55)52-48(46-53)49(54)43-40-37-34-31-29-25-23-20-17-14-11-8-5-2/h7,10,16,19,24,26,47-49,53-54H,4-6,8-9,11-15,17-18,20-23,25,27-46H2,1-3H3,(H,52,55)/b10-7+,19-16+,26-24+. The summed E-state index contributed by atoms with van der Waals surface area (Å²) in [5.74, 6) is -0.489. The first-order valence-corrected chi connectivity index (χ1v) is 24.7. The van der Waals surface area contributed by atoms with E-state index in [1.54, 1.807) is 0 Å². The number of esters is 1. The Morgan fingerprint density at radius 3 is 1.44 bits per heavy atom. The normalized spacial score (nSPS) is 13.6. The van der Waals surface area contributed by atoms with Gasteiger partial charge in [0.1, 0.15) is 6.10 Å². The number of rotatable bonds is 44. The summed E-state index contributed by atoms with van der Waals surface area (Å²) < 4.78 is 5.91. The molecular weight excluding hydrogens is 707 g/mol. The molecule has 0 aromatic carbocycles. The van der Waals surface area contributed by atoms with Crippen molar-refractivity contribution in [1.29, 1.82) is 0 Å². The zero-order valence-corrected chi connectivity index (χ0v) is 38.0. The minimum atomic E-state index is -0.790. The molecule has 57 heavy (non-hydrogen) atoms. The van der Waals surface area contributed by atoms with Crippen molar-refractivity contribution < 1.29 is 24.5 Å². The molecule has 0 heterocycles. The Morgan fingerprint density at radius 1 is 0.526 bits per heavy atom. The second-order valence-corrected chi connectivity index (χ2v) is 16.8. The molecule has 6 heteroatoms. The molecule has 1 amide bonds. The van der Waals surface area contributed by atoms with E-state index in [1.165, 1.54) is 116 Å². The third-order valence-electron chi connectivity index (χ3n) is 11.2. The number of hydrogen-bond donors (Lipinski definition) is 3. The van der Waals surface area contributed by atoms with Gasteiger partial charge in [-0.05, 0) is 57.8 Å². The number of aliphatic hydroxyl groups is 2. The molecule has 0 radical (unpaired) electrons. The molecular formula is C51H95NO5. The molecule has 6 nitrogen and oxygen atoms in total. The summed E-state index contributed by atoms with van der Waals surface area (Å²) in [7, 11) is 0. The van der Waals surface area contributed by atoms with E-state index < -0.39 is 18.2 Å². The number of nitrogens with one attached hydrogen (secondary N) is 1. The summed E-state index contributed by atoms with van der Waals surface area (Å²) in [6, 6.07) is -0.705. The maximum atomic E-state index is 13.2. The first kappa shape index (κ1) is 55.1. The Bertz CT molecular complexity index is 946. The van der Waals surface area contributed by atoms with E-state index in [-0.39, 0.29) is 24.9 Å². The van der Waals surface area contributed by atoms with E-state index in [2.05, 4.69) is 62.5 Å². The van der Waals surface area contributed by atoms with Gasteiger partial charge in [-0.25, -0.2) is 0 Å². The molecule has 0 rings (SSSR count). The largest absolute Gasteiger partial charge is 0.462 e. The van der Waals surface area contributed by atoms with Crippen LogP contribution in [-0.4, -0.2) is 46.9 Å². The average molecular weight is 802 g/mol. The van der Waals surface area contributed by atoms with Crippen LogP contribution in [0.2, 0.25) is 0 Å². The maximum Gasteiger partial charge on any atom is 0.306 e. The molecule has 0 aromatic rings. The number of hydrogen-bond acceptors (Lipinski definition) is 5. The summed E-state index contributed by atoms with van der Waals surface area (Å²) in [4.78, 5) is 26.0. The van der Waals surface area contributed by atoms with Crippen LogP contribution in [-0.2, 0) is 14.3 Å². The van der Waals surface area contributed by atoms with Crippen LogP contribution < -0.4 is 5.32 Å². The van der Waals surface area contributed by atoms with E-state index in [4.69, 9.17) is 4.74 Å². The van der Waals surface area contributed by atoms with Crippen molar-refractivity contribution in [2.75, 3.05) is 6.61 Å². The Morgan fingerprint density at radius 2 is 0.947 bits per heavy atom. The minimum Gasteiger partial charge on any atom is -0.462 e. The van der Waals surface area contributed by atoms with Crippen molar-refractivity contribution in [2.24, 2.45) is 0 Å². The molecule has 0 saturated carbocycles. The van der Waals surface area contributed by atoms with Gasteiger partial charge in [0.25, 0.3) is 0 Å². The van der Waals surface area contributed by atoms with Gasteiger partial charge in [-0.2, -0.15) is 0 Å². The second-order valence-electron chi connectivity index (χ2n) is 16.8. The molecule has 0 saturated heterocycles. The highest BCUT2D eigenvalue weighted by Gasteiger charge is 2.24. The lowest BCUT2D eigenvalue weighted by Gasteiger charge is -2.24. The lowest BCUT2D eigenvalue weighted by atomic mass is 10.0. The lowest BCUT2D eigenvalue weighted by molar-refractivity contribution is -0.151. The van der Waals surface area contributed by atoms with Gasteiger partial charge in [0, 0.05) is 6.42 Å². The molecule has 3 unspecified atom stereocenters. The van der Waals surface area contributed by atoms with Crippen LogP contribution in [0.4, 0.5) is 0 Å². The van der Waals surface area contributed by atoms with Crippen LogP contribution in [0.15, 0.2) is 36.5 Å². The molecule has 334 valence electrons. The van der Waals surface area contributed by atoms with Crippen LogP contribution in [0.1, 0.15) is 252 Å². The molecule has 0 spiro atoms. The lowest BCUT2D eigenvalue weighted by Crippen LogP contribution is -2.46. The minimum absolute atomic E-state index is 0.0659. The number of aliphatic hydroxyl groups excluding tert-OH is 2. The fourth-order valence-electron chi connectivity index (χ4n) is 7.50. The number of unbranched alkanes of at least 4 members (excludes halogenated alkanes) is 26. The zero-order chi connectivity index (χ0) is 41.7.